The Balaban J connectivity index is 2.15. The SMILES string of the molecule is COc1c2ccccc2c(OC)c2c(C#C[Si](C(C)C)(C(C)C)C(C)C)c3cc4sccc4cc3c(C#C[Si](C(C)C)(C(C)C)C(C)C)c12. The lowest BCUT2D eigenvalue weighted by Crippen LogP contribution is -2.43. The van der Waals surface area contributed by atoms with E-state index in [1.165, 1.54) is 10.1 Å². The largest absolute Gasteiger partial charge is 0.495 e. The number of hydrogen-bond donors (Lipinski definition) is 0. The first kappa shape index (κ1) is 37.0. The van der Waals surface area contributed by atoms with Gasteiger partial charge in [0.25, 0.3) is 0 Å². The van der Waals surface area contributed by atoms with E-state index in [1.54, 1.807) is 25.6 Å². The quantitative estimate of drug-likeness (QED) is 0.0909. The van der Waals surface area contributed by atoms with E-state index in [0.717, 1.165) is 54.9 Å². The van der Waals surface area contributed by atoms with Crippen LogP contribution in [0, 0.1) is 22.9 Å². The second-order valence-corrected chi connectivity index (χ2v) is 27.9. The number of hydrogen-bond acceptors (Lipinski definition) is 3. The molecule has 0 bridgehead atoms. The van der Waals surface area contributed by atoms with Crippen molar-refractivity contribution in [3.8, 4) is 34.4 Å². The van der Waals surface area contributed by atoms with Gasteiger partial charge in [0.05, 0.1) is 14.2 Å². The summed E-state index contributed by atoms with van der Waals surface area (Å²) in [5, 5.41) is 9.82. The van der Waals surface area contributed by atoms with Crippen molar-refractivity contribution in [2.24, 2.45) is 0 Å². The zero-order valence-electron chi connectivity index (χ0n) is 32.3. The zero-order valence-corrected chi connectivity index (χ0v) is 35.1. The molecule has 0 aliphatic heterocycles. The molecule has 4 aromatic carbocycles. The standard InChI is InChI=1S/C44H56O2SSi2/c1-27(2)48(28(3)4,29(5)6)23-20-34-38-25-33-19-22-47-40(33)26-39(38)35(21-24-49(30(7)8,31(9)10)32(11)12)42-41(34)43(45-13)36-17-15-16-18-37(36)44(42)46-14/h15-19,22,25-32H,1-14H3. The van der Waals surface area contributed by atoms with Gasteiger partial charge in [0, 0.05) is 48.1 Å². The van der Waals surface area contributed by atoms with Crippen LogP contribution in [-0.4, -0.2) is 30.4 Å². The third-order valence-corrected chi connectivity index (χ3v) is 25.2. The lowest BCUT2D eigenvalue weighted by molar-refractivity contribution is 0.417. The lowest BCUT2D eigenvalue weighted by atomic mass is 9.88. The van der Waals surface area contributed by atoms with E-state index in [0.29, 0.717) is 33.2 Å². The van der Waals surface area contributed by atoms with Crippen molar-refractivity contribution < 1.29 is 9.47 Å². The van der Waals surface area contributed by atoms with E-state index >= 15 is 0 Å². The Hall–Kier alpha value is -3.23. The molecular formula is C44H56O2SSi2. The third-order valence-electron chi connectivity index (χ3n) is 11.7. The van der Waals surface area contributed by atoms with Gasteiger partial charge >= 0.3 is 0 Å². The van der Waals surface area contributed by atoms with Crippen LogP contribution in [0.1, 0.15) is 94.2 Å². The third kappa shape index (κ3) is 5.91. The van der Waals surface area contributed by atoms with Crippen LogP contribution in [0.4, 0.5) is 0 Å². The fourth-order valence-electron chi connectivity index (χ4n) is 9.44. The van der Waals surface area contributed by atoms with E-state index in [-0.39, 0.29) is 0 Å². The summed E-state index contributed by atoms with van der Waals surface area (Å²) in [6.45, 7) is 28.6. The summed E-state index contributed by atoms with van der Waals surface area (Å²) in [5.74, 6) is 9.61. The number of methoxy groups -OCH3 is 2. The summed E-state index contributed by atoms with van der Waals surface area (Å²) in [5.41, 5.74) is 13.4. The van der Waals surface area contributed by atoms with Crippen LogP contribution in [-0.2, 0) is 0 Å². The average molecular weight is 705 g/mol. The Bertz CT molecular complexity index is 1950. The van der Waals surface area contributed by atoms with Crippen molar-refractivity contribution in [2.75, 3.05) is 14.2 Å². The predicted molar refractivity (Wildman–Crippen MR) is 223 cm³/mol. The first-order chi connectivity index (χ1) is 23.2. The summed E-state index contributed by atoms with van der Waals surface area (Å²) < 4.78 is 14.1. The van der Waals surface area contributed by atoms with Crippen LogP contribution in [0.5, 0.6) is 11.5 Å². The molecule has 0 atom stereocenters. The topological polar surface area (TPSA) is 18.5 Å². The second-order valence-electron chi connectivity index (χ2n) is 15.8. The molecule has 0 fully saturated rings. The molecule has 0 saturated carbocycles. The minimum Gasteiger partial charge on any atom is -0.495 e. The van der Waals surface area contributed by atoms with Crippen LogP contribution in [0.25, 0.3) is 42.4 Å². The van der Waals surface area contributed by atoms with Gasteiger partial charge < -0.3 is 9.47 Å². The zero-order chi connectivity index (χ0) is 36.0. The Morgan fingerprint density at radius 3 is 1.29 bits per heavy atom. The maximum atomic E-state index is 6.44. The molecule has 0 aliphatic carbocycles. The molecule has 5 rings (SSSR count). The van der Waals surface area contributed by atoms with Gasteiger partial charge in [-0.3, -0.25) is 0 Å². The monoisotopic (exact) mass is 704 g/mol. The Morgan fingerprint density at radius 1 is 0.531 bits per heavy atom. The fraction of sp³-hybridized carbons (Fsp3) is 0.455. The van der Waals surface area contributed by atoms with Crippen molar-refractivity contribution in [1.29, 1.82) is 0 Å². The molecule has 49 heavy (non-hydrogen) atoms. The highest BCUT2D eigenvalue weighted by atomic mass is 32.1. The molecule has 0 aliphatic rings. The maximum absolute atomic E-state index is 6.44. The number of fused-ring (bicyclic) bond motifs is 4. The summed E-state index contributed by atoms with van der Waals surface area (Å²) in [6.07, 6.45) is 0. The first-order valence-corrected chi connectivity index (χ1v) is 23.5. The molecule has 0 N–H and O–H groups in total. The van der Waals surface area contributed by atoms with Gasteiger partial charge in [0.1, 0.15) is 27.6 Å². The van der Waals surface area contributed by atoms with Crippen molar-refractivity contribution in [3.05, 3.63) is 59.0 Å². The van der Waals surface area contributed by atoms with Crippen molar-refractivity contribution in [2.45, 2.75) is 116 Å². The first-order valence-electron chi connectivity index (χ1n) is 18.2. The minimum atomic E-state index is -2.07. The van der Waals surface area contributed by atoms with Crippen molar-refractivity contribution in [1.82, 2.24) is 0 Å². The van der Waals surface area contributed by atoms with E-state index in [1.807, 2.05) is 0 Å². The Kier molecular flexibility index (Phi) is 10.7. The number of benzene rings is 4. The molecule has 0 amide bonds. The molecular weight excluding hydrogens is 649 g/mol. The van der Waals surface area contributed by atoms with Gasteiger partial charge in [-0.2, -0.15) is 0 Å². The Labute approximate surface area is 302 Å². The van der Waals surface area contributed by atoms with E-state index in [2.05, 4.69) is 154 Å². The lowest BCUT2D eigenvalue weighted by Gasteiger charge is -2.38. The minimum absolute atomic E-state index is 0.518. The molecule has 1 aromatic heterocycles. The van der Waals surface area contributed by atoms with Gasteiger partial charge in [-0.1, -0.05) is 119 Å². The van der Waals surface area contributed by atoms with E-state index < -0.39 is 16.1 Å². The smallest absolute Gasteiger partial charge is 0.146 e. The Morgan fingerprint density at radius 2 is 0.918 bits per heavy atom. The van der Waals surface area contributed by atoms with Gasteiger partial charge in [0.15, 0.2) is 0 Å². The van der Waals surface area contributed by atoms with Gasteiger partial charge in [-0.25, -0.2) is 0 Å². The van der Waals surface area contributed by atoms with Crippen LogP contribution in [0.2, 0.25) is 33.2 Å². The van der Waals surface area contributed by atoms with Crippen molar-refractivity contribution in [3.63, 3.8) is 0 Å². The number of rotatable bonds is 8. The highest BCUT2D eigenvalue weighted by molar-refractivity contribution is 7.17. The van der Waals surface area contributed by atoms with Crippen molar-refractivity contribution >= 4 is 69.9 Å². The van der Waals surface area contributed by atoms with Crippen LogP contribution >= 0.6 is 11.3 Å². The van der Waals surface area contributed by atoms with Crippen LogP contribution in [0.3, 0.4) is 0 Å². The normalized spacial score (nSPS) is 12.7. The molecule has 0 saturated heterocycles. The molecule has 5 heteroatoms. The summed E-state index contributed by atoms with van der Waals surface area (Å²) in [7, 11) is -0.551. The summed E-state index contributed by atoms with van der Waals surface area (Å²) in [6, 6.07) is 15.4. The molecule has 0 spiro atoms. The molecule has 1 heterocycles. The fourth-order valence-corrected chi connectivity index (χ4v) is 20.7. The maximum Gasteiger partial charge on any atom is 0.146 e. The predicted octanol–water partition coefficient (Wildman–Crippen LogP) is 13.5. The van der Waals surface area contributed by atoms with Crippen LogP contribution in [0.15, 0.2) is 47.8 Å². The molecule has 5 aromatic rings. The molecule has 0 radical (unpaired) electrons. The van der Waals surface area contributed by atoms with Gasteiger partial charge in [-0.15, -0.1) is 22.4 Å². The molecule has 2 nitrogen and oxygen atoms in total. The second kappa shape index (κ2) is 14.2. The van der Waals surface area contributed by atoms with Gasteiger partial charge in [-0.05, 0) is 62.2 Å². The van der Waals surface area contributed by atoms with E-state index in [9.17, 15) is 0 Å². The highest BCUT2D eigenvalue weighted by Gasteiger charge is 2.43. The highest BCUT2D eigenvalue weighted by Crippen LogP contribution is 2.50. The number of thiophene rings is 1. The molecule has 258 valence electrons. The van der Waals surface area contributed by atoms with Crippen LogP contribution < -0.4 is 9.47 Å². The number of ether oxygens (including phenoxy) is 2. The summed E-state index contributed by atoms with van der Waals surface area (Å²) >= 11 is 1.79. The molecule has 0 unspecified atom stereocenters. The van der Waals surface area contributed by atoms with Gasteiger partial charge in [0.2, 0.25) is 0 Å². The summed E-state index contributed by atoms with van der Waals surface area (Å²) in [4.78, 5) is 0. The average Bonchev–Trinajstić information content (AvgIpc) is 3.50. The van der Waals surface area contributed by atoms with E-state index in [4.69, 9.17) is 9.47 Å².